The zero-order valence-electron chi connectivity index (χ0n) is 18.3. The van der Waals surface area contributed by atoms with E-state index in [1.54, 1.807) is 30.3 Å². The summed E-state index contributed by atoms with van der Waals surface area (Å²) in [5.74, 6) is 0.468. The Balaban J connectivity index is 1.29. The maximum Gasteiger partial charge on any atom is 0.255 e. The van der Waals surface area contributed by atoms with Crippen LogP contribution in [0.25, 0.3) is 22.5 Å². The number of carbonyl (C=O) groups is 2. The molecule has 1 aliphatic carbocycles. The second-order valence-corrected chi connectivity index (χ2v) is 8.69. The first-order chi connectivity index (χ1) is 16.6. The summed E-state index contributed by atoms with van der Waals surface area (Å²) >= 11 is 0. The van der Waals surface area contributed by atoms with E-state index in [2.05, 4.69) is 15.5 Å². The lowest BCUT2D eigenvalue weighted by atomic mass is 10.0. The van der Waals surface area contributed by atoms with Gasteiger partial charge in [0.25, 0.3) is 5.91 Å². The van der Waals surface area contributed by atoms with Crippen LogP contribution < -0.4 is 5.32 Å². The van der Waals surface area contributed by atoms with E-state index in [-0.39, 0.29) is 11.7 Å². The molecule has 34 heavy (non-hydrogen) atoms. The molecule has 0 atom stereocenters. The summed E-state index contributed by atoms with van der Waals surface area (Å²) in [6.07, 6.45) is 3.98. The first-order valence-corrected chi connectivity index (χ1v) is 11.4. The monoisotopic (exact) mass is 452 g/mol. The molecule has 0 fully saturated rings. The Morgan fingerprint density at radius 3 is 2.56 bits per heavy atom. The molecule has 0 saturated carbocycles. The summed E-state index contributed by atoms with van der Waals surface area (Å²) in [5, 5.41) is 11.3. The predicted octanol–water partition coefficient (Wildman–Crippen LogP) is 5.27. The number of ketones is 1. The molecule has 1 aromatic heterocycles. The second kappa shape index (κ2) is 8.02. The molecule has 0 spiro atoms. The van der Waals surface area contributed by atoms with Gasteiger partial charge in [-0.3, -0.25) is 9.59 Å². The second-order valence-electron chi connectivity index (χ2n) is 8.69. The molecule has 2 aliphatic rings. The standard InChI is InChI=1S/C27H21FN4O2/c28-23-12-10-17(15-22(23)26-31-30-24-8-2-1-5-13-32(24)26)29-27(34)16-9-11-19-18-6-3-4-7-20(18)25(33)21(19)14-16/h3-4,6-7,9-12,14-15H,1-2,5,8,13H2,(H,29,34). The first-order valence-electron chi connectivity index (χ1n) is 11.4. The lowest BCUT2D eigenvalue weighted by molar-refractivity contribution is 0.102. The molecule has 0 radical (unpaired) electrons. The summed E-state index contributed by atoms with van der Waals surface area (Å²) in [4.78, 5) is 25.8. The fourth-order valence-electron chi connectivity index (χ4n) is 4.83. The molecular formula is C27H21FN4O2. The number of aromatic nitrogens is 3. The minimum absolute atomic E-state index is 0.0863. The number of benzene rings is 3. The van der Waals surface area contributed by atoms with Gasteiger partial charge in [-0.15, -0.1) is 10.2 Å². The molecule has 0 saturated heterocycles. The summed E-state index contributed by atoms with van der Waals surface area (Å²) in [5.41, 5.74) is 3.98. The van der Waals surface area contributed by atoms with Crippen LogP contribution in [0.1, 0.15) is 51.4 Å². The zero-order chi connectivity index (χ0) is 23.2. The number of halogens is 1. The topological polar surface area (TPSA) is 76.9 Å². The van der Waals surface area contributed by atoms with E-state index in [4.69, 9.17) is 0 Å². The Morgan fingerprint density at radius 1 is 0.853 bits per heavy atom. The van der Waals surface area contributed by atoms with Gasteiger partial charge in [-0.1, -0.05) is 36.8 Å². The van der Waals surface area contributed by atoms with Crippen molar-refractivity contribution in [2.24, 2.45) is 0 Å². The minimum Gasteiger partial charge on any atom is -0.322 e. The molecule has 2 heterocycles. The molecule has 168 valence electrons. The van der Waals surface area contributed by atoms with Crippen LogP contribution in [0.4, 0.5) is 10.1 Å². The van der Waals surface area contributed by atoms with Gasteiger partial charge in [0.15, 0.2) is 11.6 Å². The van der Waals surface area contributed by atoms with Crippen LogP contribution in [0.3, 0.4) is 0 Å². The molecule has 7 heteroatoms. The fraction of sp³-hybridized carbons (Fsp3) is 0.185. The third kappa shape index (κ3) is 3.32. The van der Waals surface area contributed by atoms with Crippen LogP contribution in [0.5, 0.6) is 0 Å². The quantitative estimate of drug-likeness (QED) is 0.404. The number of anilines is 1. The highest BCUT2D eigenvalue weighted by atomic mass is 19.1. The molecule has 0 unspecified atom stereocenters. The van der Waals surface area contributed by atoms with Crippen molar-refractivity contribution in [2.45, 2.75) is 32.2 Å². The van der Waals surface area contributed by atoms with Crippen LogP contribution >= 0.6 is 0 Å². The Labute approximate surface area is 195 Å². The van der Waals surface area contributed by atoms with E-state index in [1.165, 1.54) is 12.1 Å². The van der Waals surface area contributed by atoms with Crippen molar-refractivity contribution in [1.82, 2.24) is 14.8 Å². The van der Waals surface area contributed by atoms with Gasteiger partial charge >= 0.3 is 0 Å². The number of amides is 1. The largest absolute Gasteiger partial charge is 0.322 e. The van der Waals surface area contributed by atoms with Gasteiger partial charge in [0, 0.05) is 35.3 Å². The summed E-state index contributed by atoms with van der Waals surface area (Å²) in [6, 6.07) is 17.0. The van der Waals surface area contributed by atoms with Crippen molar-refractivity contribution in [3.8, 4) is 22.5 Å². The highest BCUT2D eigenvalue weighted by Crippen LogP contribution is 2.37. The van der Waals surface area contributed by atoms with Gasteiger partial charge < -0.3 is 9.88 Å². The Bertz CT molecular complexity index is 1470. The number of carbonyl (C=O) groups excluding carboxylic acids is 2. The highest BCUT2D eigenvalue weighted by Gasteiger charge is 2.27. The zero-order valence-corrected chi connectivity index (χ0v) is 18.3. The number of nitrogens with one attached hydrogen (secondary N) is 1. The maximum atomic E-state index is 14.8. The van der Waals surface area contributed by atoms with E-state index in [0.717, 1.165) is 49.2 Å². The number of aryl methyl sites for hydroxylation is 1. The van der Waals surface area contributed by atoms with Crippen molar-refractivity contribution in [1.29, 1.82) is 0 Å². The summed E-state index contributed by atoms with van der Waals surface area (Å²) < 4.78 is 16.7. The van der Waals surface area contributed by atoms with E-state index in [1.807, 2.05) is 22.8 Å². The molecule has 1 N–H and O–H groups in total. The number of nitrogens with zero attached hydrogens (tertiary/aromatic N) is 3. The average molecular weight is 452 g/mol. The lowest BCUT2D eigenvalue weighted by Gasteiger charge is -2.11. The molecule has 3 aromatic carbocycles. The third-order valence-electron chi connectivity index (χ3n) is 6.56. The summed E-state index contributed by atoms with van der Waals surface area (Å²) in [7, 11) is 0. The van der Waals surface area contributed by atoms with E-state index < -0.39 is 5.82 Å². The smallest absolute Gasteiger partial charge is 0.255 e. The predicted molar refractivity (Wildman–Crippen MR) is 126 cm³/mol. The van der Waals surface area contributed by atoms with Crippen LogP contribution in [0.2, 0.25) is 0 Å². The highest BCUT2D eigenvalue weighted by molar-refractivity contribution is 6.22. The Morgan fingerprint density at radius 2 is 1.68 bits per heavy atom. The van der Waals surface area contributed by atoms with E-state index in [0.29, 0.717) is 33.8 Å². The fourth-order valence-corrected chi connectivity index (χ4v) is 4.83. The van der Waals surface area contributed by atoms with Gasteiger partial charge in [0.05, 0.1) is 5.56 Å². The van der Waals surface area contributed by atoms with Crippen molar-refractivity contribution >= 4 is 17.4 Å². The maximum absolute atomic E-state index is 14.8. The van der Waals surface area contributed by atoms with Crippen LogP contribution in [0.15, 0.2) is 60.7 Å². The first kappa shape index (κ1) is 20.5. The molecular weight excluding hydrogens is 431 g/mol. The molecule has 1 aliphatic heterocycles. The van der Waals surface area contributed by atoms with Gasteiger partial charge in [-0.05, 0) is 54.3 Å². The van der Waals surface area contributed by atoms with Crippen LogP contribution in [-0.4, -0.2) is 26.5 Å². The molecule has 6 nitrogen and oxygen atoms in total. The van der Waals surface area contributed by atoms with Crippen molar-refractivity contribution in [3.05, 3.63) is 89.0 Å². The van der Waals surface area contributed by atoms with Gasteiger partial charge in [-0.25, -0.2) is 4.39 Å². The van der Waals surface area contributed by atoms with Crippen LogP contribution in [0, 0.1) is 5.82 Å². The van der Waals surface area contributed by atoms with Gasteiger partial charge in [0.1, 0.15) is 11.6 Å². The van der Waals surface area contributed by atoms with Crippen molar-refractivity contribution in [3.63, 3.8) is 0 Å². The molecule has 4 aromatic rings. The van der Waals surface area contributed by atoms with Gasteiger partial charge in [-0.2, -0.15) is 0 Å². The Hall–Kier alpha value is -4.13. The third-order valence-corrected chi connectivity index (χ3v) is 6.56. The number of hydrogen-bond acceptors (Lipinski definition) is 4. The molecule has 1 amide bonds. The minimum atomic E-state index is -0.418. The average Bonchev–Trinajstić information content (AvgIpc) is 3.28. The van der Waals surface area contributed by atoms with E-state index >= 15 is 0 Å². The molecule has 6 rings (SSSR count). The van der Waals surface area contributed by atoms with Crippen molar-refractivity contribution in [2.75, 3.05) is 5.32 Å². The van der Waals surface area contributed by atoms with Gasteiger partial charge in [0.2, 0.25) is 0 Å². The van der Waals surface area contributed by atoms with Crippen molar-refractivity contribution < 1.29 is 14.0 Å². The van der Waals surface area contributed by atoms with Crippen LogP contribution in [-0.2, 0) is 13.0 Å². The normalized spacial score (nSPS) is 14.2. The Kier molecular flexibility index (Phi) is 4.83. The number of fused-ring (bicyclic) bond motifs is 4. The lowest BCUT2D eigenvalue weighted by Crippen LogP contribution is -2.13. The molecule has 0 bridgehead atoms. The number of rotatable bonds is 3. The summed E-state index contributed by atoms with van der Waals surface area (Å²) in [6.45, 7) is 0.749. The number of hydrogen-bond donors (Lipinski definition) is 1. The SMILES string of the molecule is O=C(Nc1ccc(F)c(-c2nnc3n2CCCCC3)c1)c1ccc2c(c1)C(=O)c1ccccc1-2. The van der Waals surface area contributed by atoms with E-state index in [9.17, 15) is 14.0 Å².